The van der Waals surface area contributed by atoms with Crippen LogP contribution in [0, 0.1) is 0 Å². The Bertz CT molecular complexity index is 714. The molecule has 0 unspecified atom stereocenters. The molecule has 1 aliphatic rings. The Hall–Kier alpha value is -2.55. The van der Waals surface area contributed by atoms with E-state index in [1.807, 2.05) is 19.0 Å². The van der Waals surface area contributed by atoms with Gasteiger partial charge in [0.1, 0.15) is 11.9 Å². The van der Waals surface area contributed by atoms with Crippen molar-refractivity contribution in [2.75, 3.05) is 38.7 Å². The lowest BCUT2D eigenvalue weighted by Crippen LogP contribution is -2.43. The number of ether oxygens (including phenoxy) is 1. The number of nitrogens with one attached hydrogen (secondary N) is 1. The van der Waals surface area contributed by atoms with E-state index in [4.69, 9.17) is 4.74 Å². The van der Waals surface area contributed by atoms with Crippen molar-refractivity contribution in [1.82, 2.24) is 30.3 Å². The first-order chi connectivity index (χ1) is 12.1. The maximum Gasteiger partial charge on any atom is 0.274 e. The van der Waals surface area contributed by atoms with E-state index in [1.165, 1.54) is 0 Å². The number of morpholine rings is 1. The summed E-state index contributed by atoms with van der Waals surface area (Å²) in [6, 6.07) is 3.48. The molecule has 1 amide bonds. The largest absolute Gasteiger partial charge is 0.366 e. The molecule has 2 aromatic heterocycles. The molecule has 9 nitrogen and oxygen atoms in total. The van der Waals surface area contributed by atoms with Gasteiger partial charge in [-0.1, -0.05) is 6.92 Å². The van der Waals surface area contributed by atoms with Crippen molar-refractivity contribution in [3.05, 3.63) is 29.5 Å². The molecule has 3 heterocycles. The van der Waals surface area contributed by atoms with Crippen LogP contribution in [0.1, 0.15) is 41.6 Å². The van der Waals surface area contributed by atoms with Crippen molar-refractivity contribution in [3.63, 3.8) is 0 Å². The number of carbonyl (C=O) groups is 1. The minimum atomic E-state index is -0.325. The molecule has 0 aromatic carbocycles. The van der Waals surface area contributed by atoms with Gasteiger partial charge < -0.3 is 14.5 Å². The summed E-state index contributed by atoms with van der Waals surface area (Å²) in [5, 5.41) is 15.3. The first-order valence-electron chi connectivity index (χ1n) is 8.41. The van der Waals surface area contributed by atoms with Gasteiger partial charge in [0.2, 0.25) is 0 Å². The van der Waals surface area contributed by atoms with Crippen molar-refractivity contribution in [3.8, 4) is 0 Å². The molecule has 9 heteroatoms. The molecule has 1 aliphatic heterocycles. The second kappa shape index (κ2) is 7.56. The third kappa shape index (κ3) is 3.93. The highest BCUT2D eigenvalue weighted by molar-refractivity contribution is 5.92. The van der Waals surface area contributed by atoms with Crippen molar-refractivity contribution in [1.29, 1.82) is 0 Å². The standard InChI is InChI=1S/C16H23N7O2/c1-4-5-13-17-15(21-19-13)12-10-23(8-9-25-12)16(24)11-6-7-14(20-18-11)22(2)3/h6-7,12H,4-5,8-10H2,1-3H3,(H,17,19,21)/t12-/m0/s1. The van der Waals surface area contributed by atoms with Crippen LogP contribution in [0.25, 0.3) is 0 Å². The van der Waals surface area contributed by atoms with Crippen LogP contribution in [-0.4, -0.2) is 70.0 Å². The van der Waals surface area contributed by atoms with Crippen LogP contribution in [0.15, 0.2) is 12.1 Å². The van der Waals surface area contributed by atoms with Crippen LogP contribution >= 0.6 is 0 Å². The van der Waals surface area contributed by atoms with Crippen molar-refractivity contribution in [2.24, 2.45) is 0 Å². The summed E-state index contributed by atoms with van der Waals surface area (Å²) in [5.74, 6) is 1.99. The highest BCUT2D eigenvalue weighted by Crippen LogP contribution is 2.20. The first-order valence-corrected chi connectivity index (χ1v) is 8.41. The molecule has 0 spiro atoms. The predicted octanol–water partition coefficient (Wildman–Crippen LogP) is 0.827. The normalized spacial score (nSPS) is 17.6. The van der Waals surface area contributed by atoms with E-state index < -0.39 is 0 Å². The quantitative estimate of drug-likeness (QED) is 0.856. The topological polar surface area (TPSA) is 100 Å². The number of hydrogen-bond acceptors (Lipinski definition) is 7. The number of carbonyl (C=O) groups excluding carboxylic acids is 1. The molecular weight excluding hydrogens is 322 g/mol. The minimum absolute atomic E-state index is 0.157. The molecule has 1 fully saturated rings. The Labute approximate surface area is 146 Å². The summed E-state index contributed by atoms with van der Waals surface area (Å²) < 4.78 is 5.74. The SMILES string of the molecule is CCCc1nc([C@@H]2CN(C(=O)c3ccc(N(C)C)nn3)CCO2)n[nH]1. The van der Waals surface area contributed by atoms with E-state index in [1.54, 1.807) is 17.0 Å². The van der Waals surface area contributed by atoms with Gasteiger partial charge >= 0.3 is 0 Å². The van der Waals surface area contributed by atoms with E-state index >= 15 is 0 Å². The summed E-state index contributed by atoms with van der Waals surface area (Å²) in [6.45, 7) is 3.44. The summed E-state index contributed by atoms with van der Waals surface area (Å²) in [7, 11) is 3.75. The van der Waals surface area contributed by atoms with Gasteiger partial charge in [0.25, 0.3) is 5.91 Å². The zero-order chi connectivity index (χ0) is 17.8. The Balaban J connectivity index is 1.68. The van der Waals surface area contributed by atoms with Crippen molar-refractivity contribution >= 4 is 11.7 Å². The van der Waals surface area contributed by atoms with Gasteiger partial charge in [0.15, 0.2) is 17.3 Å². The Morgan fingerprint density at radius 1 is 1.40 bits per heavy atom. The fourth-order valence-corrected chi connectivity index (χ4v) is 2.63. The van der Waals surface area contributed by atoms with Gasteiger partial charge in [-0.3, -0.25) is 9.89 Å². The van der Waals surface area contributed by atoms with Crippen molar-refractivity contribution in [2.45, 2.75) is 25.9 Å². The molecule has 0 radical (unpaired) electrons. The molecule has 2 aromatic rings. The summed E-state index contributed by atoms with van der Waals surface area (Å²) >= 11 is 0. The van der Waals surface area contributed by atoms with Crippen LogP contribution < -0.4 is 4.90 Å². The highest BCUT2D eigenvalue weighted by Gasteiger charge is 2.29. The average molecular weight is 345 g/mol. The first kappa shape index (κ1) is 17.3. The minimum Gasteiger partial charge on any atom is -0.366 e. The van der Waals surface area contributed by atoms with Crippen LogP contribution in [0.2, 0.25) is 0 Å². The smallest absolute Gasteiger partial charge is 0.274 e. The maximum atomic E-state index is 12.7. The molecule has 25 heavy (non-hydrogen) atoms. The van der Waals surface area contributed by atoms with E-state index in [9.17, 15) is 4.79 Å². The number of nitrogens with zero attached hydrogens (tertiary/aromatic N) is 6. The second-order valence-electron chi connectivity index (χ2n) is 6.17. The van der Waals surface area contributed by atoms with Gasteiger partial charge in [0, 0.05) is 27.1 Å². The molecular formula is C16H23N7O2. The van der Waals surface area contributed by atoms with Gasteiger partial charge in [-0.15, -0.1) is 10.2 Å². The fraction of sp³-hybridized carbons (Fsp3) is 0.562. The number of hydrogen-bond donors (Lipinski definition) is 1. The summed E-state index contributed by atoms with van der Waals surface area (Å²) in [6.07, 6.45) is 1.51. The molecule has 0 aliphatic carbocycles. The molecule has 3 rings (SSSR count). The highest BCUT2D eigenvalue weighted by atomic mass is 16.5. The van der Waals surface area contributed by atoms with Crippen LogP contribution in [-0.2, 0) is 11.2 Å². The predicted molar refractivity (Wildman–Crippen MR) is 91.3 cm³/mol. The van der Waals surface area contributed by atoms with E-state index in [-0.39, 0.29) is 12.0 Å². The average Bonchev–Trinajstić information content (AvgIpc) is 3.10. The number of aryl methyl sites for hydroxylation is 1. The number of H-pyrrole nitrogens is 1. The number of amides is 1. The molecule has 1 N–H and O–H groups in total. The molecule has 0 bridgehead atoms. The zero-order valence-corrected chi connectivity index (χ0v) is 14.8. The lowest BCUT2D eigenvalue weighted by molar-refractivity contribution is -0.0269. The molecule has 0 saturated carbocycles. The van der Waals surface area contributed by atoms with Gasteiger partial charge in [-0.05, 0) is 18.6 Å². The third-order valence-corrected chi connectivity index (χ3v) is 4.01. The Morgan fingerprint density at radius 3 is 2.92 bits per heavy atom. The second-order valence-corrected chi connectivity index (χ2v) is 6.17. The van der Waals surface area contributed by atoms with Crippen LogP contribution in [0.3, 0.4) is 0 Å². The number of rotatable bonds is 5. The van der Waals surface area contributed by atoms with Crippen molar-refractivity contribution < 1.29 is 9.53 Å². The Kier molecular flexibility index (Phi) is 5.22. The van der Waals surface area contributed by atoms with Crippen LogP contribution in [0.5, 0.6) is 0 Å². The zero-order valence-electron chi connectivity index (χ0n) is 14.8. The van der Waals surface area contributed by atoms with Crippen LogP contribution in [0.4, 0.5) is 5.82 Å². The van der Waals surface area contributed by atoms with E-state index in [0.29, 0.717) is 37.0 Å². The van der Waals surface area contributed by atoms with Gasteiger partial charge in [0.05, 0.1) is 13.2 Å². The molecule has 134 valence electrons. The molecule has 1 saturated heterocycles. The van der Waals surface area contributed by atoms with Gasteiger partial charge in [-0.25, -0.2) is 4.98 Å². The third-order valence-electron chi connectivity index (χ3n) is 4.01. The lowest BCUT2D eigenvalue weighted by Gasteiger charge is -2.31. The number of anilines is 1. The number of aromatic nitrogens is 5. The Morgan fingerprint density at radius 2 is 2.24 bits per heavy atom. The summed E-state index contributed by atoms with van der Waals surface area (Å²) in [4.78, 5) is 20.7. The summed E-state index contributed by atoms with van der Waals surface area (Å²) in [5.41, 5.74) is 0.327. The van der Waals surface area contributed by atoms with Gasteiger partial charge in [-0.2, -0.15) is 5.10 Å². The maximum absolute atomic E-state index is 12.7. The lowest BCUT2D eigenvalue weighted by atomic mass is 10.2. The van der Waals surface area contributed by atoms with E-state index in [2.05, 4.69) is 32.3 Å². The fourth-order valence-electron chi connectivity index (χ4n) is 2.63. The van der Waals surface area contributed by atoms with E-state index in [0.717, 1.165) is 18.7 Å². The number of aromatic amines is 1. The monoisotopic (exact) mass is 345 g/mol. The molecule has 1 atom stereocenters.